The van der Waals surface area contributed by atoms with Gasteiger partial charge in [0, 0.05) is 31.6 Å². The van der Waals surface area contributed by atoms with Crippen molar-refractivity contribution in [2.75, 3.05) is 45.9 Å². The Morgan fingerprint density at radius 2 is 1.78 bits per heavy atom. The van der Waals surface area contributed by atoms with E-state index in [0.29, 0.717) is 6.42 Å². The molecule has 0 bridgehead atoms. The largest absolute Gasteiger partial charge is 0.379 e. The van der Waals surface area contributed by atoms with Crippen molar-refractivity contribution in [3.05, 3.63) is 0 Å². The molecule has 0 aromatic heterocycles. The first-order valence-corrected chi connectivity index (χ1v) is 9.42. The number of nitrogens with one attached hydrogen (secondary N) is 2. The number of piperidine rings is 1. The number of rotatable bonds is 5. The van der Waals surface area contributed by atoms with Gasteiger partial charge in [0.05, 0.1) is 13.2 Å². The van der Waals surface area contributed by atoms with E-state index in [-0.39, 0.29) is 16.9 Å². The third-order valence-electron chi connectivity index (χ3n) is 6.23. The number of morpholine rings is 1. The Balaban J connectivity index is 1.54. The Morgan fingerprint density at radius 3 is 2.43 bits per heavy atom. The fourth-order valence-corrected chi connectivity index (χ4v) is 4.56. The molecule has 0 atom stereocenters. The molecule has 1 aliphatic carbocycles. The highest BCUT2D eigenvalue weighted by Gasteiger charge is 2.41. The van der Waals surface area contributed by atoms with E-state index in [9.17, 15) is 4.79 Å². The normalized spacial score (nSPS) is 27.7. The van der Waals surface area contributed by atoms with Crippen molar-refractivity contribution in [2.45, 2.75) is 57.4 Å². The highest BCUT2D eigenvalue weighted by molar-refractivity contribution is 5.77. The molecule has 2 N–H and O–H groups in total. The van der Waals surface area contributed by atoms with Gasteiger partial charge in [0.1, 0.15) is 0 Å². The number of nitrogens with zero attached hydrogens (tertiary/aromatic N) is 1. The van der Waals surface area contributed by atoms with E-state index in [2.05, 4.69) is 22.5 Å². The standard InChI is InChI=1S/C18H33N3O2/c1-17(6-8-19-9-7-17)15-20-16(22)14-18(4-2-3-5-18)21-10-12-23-13-11-21/h19H,2-15H2,1H3,(H,20,22). The first-order valence-electron chi connectivity index (χ1n) is 9.42. The van der Waals surface area contributed by atoms with Crippen LogP contribution in [0.5, 0.6) is 0 Å². The van der Waals surface area contributed by atoms with Crippen LogP contribution in [0.3, 0.4) is 0 Å². The smallest absolute Gasteiger partial charge is 0.221 e. The van der Waals surface area contributed by atoms with Gasteiger partial charge < -0.3 is 15.4 Å². The molecular formula is C18H33N3O2. The molecule has 2 heterocycles. The van der Waals surface area contributed by atoms with E-state index in [0.717, 1.165) is 58.8 Å². The lowest BCUT2D eigenvalue weighted by atomic mass is 9.81. The highest BCUT2D eigenvalue weighted by Crippen LogP contribution is 2.38. The number of hydrogen-bond acceptors (Lipinski definition) is 4. The number of ether oxygens (including phenoxy) is 1. The van der Waals surface area contributed by atoms with Crippen LogP contribution in [0.25, 0.3) is 0 Å². The summed E-state index contributed by atoms with van der Waals surface area (Å²) < 4.78 is 5.50. The fraction of sp³-hybridized carbons (Fsp3) is 0.944. The Morgan fingerprint density at radius 1 is 1.13 bits per heavy atom. The van der Waals surface area contributed by atoms with Gasteiger partial charge in [-0.05, 0) is 44.2 Å². The second-order valence-electron chi connectivity index (χ2n) is 8.05. The van der Waals surface area contributed by atoms with Gasteiger partial charge >= 0.3 is 0 Å². The van der Waals surface area contributed by atoms with Gasteiger partial charge in [-0.15, -0.1) is 0 Å². The molecule has 23 heavy (non-hydrogen) atoms. The fourth-order valence-electron chi connectivity index (χ4n) is 4.56. The molecule has 5 nitrogen and oxygen atoms in total. The lowest BCUT2D eigenvalue weighted by molar-refractivity contribution is -0.126. The monoisotopic (exact) mass is 323 g/mol. The van der Waals surface area contributed by atoms with Crippen molar-refractivity contribution in [1.29, 1.82) is 0 Å². The molecule has 1 saturated carbocycles. The summed E-state index contributed by atoms with van der Waals surface area (Å²) in [5, 5.41) is 6.66. The van der Waals surface area contributed by atoms with Crippen LogP contribution in [0, 0.1) is 5.41 Å². The number of hydrogen-bond donors (Lipinski definition) is 2. The summed E-state index contributed by atoms with van der Waals surface area (Å²) in [6, 6.07) is 0. The van der Waals surface area contributed by atoms with Crippen molar-refractivity contribution in [3.63, 3.8) is 0 Å². The zero-order valence-electron chi connectivity index (χ0n) is 14.7. The Kier molecular flexibility index (Phi) is 5.60. The van der Waals surface area contributed by atoms with Gasteiger partial charge in [-0.25, -0.2) is 0 Å². The van der Waals surface area contributed by atoms with Crippen LogP contribution >= 0.6 is 0 Å². The van der Waals surface area contributed by atoms with Gasteiger partial charge in [-0.2, -0.15) is 0 Å². The second kappa shape index (κ2) is 7.49. The summed E-state index contributed by atoms with van der Waals surface area (Å²) in [6.45, 7) is 8.87. The first-order chi connectivity index (χ1) is 11.1. The predicted octanol–water partition coefficient (Wildman–Crippen LogP) is 1.53. The maximum absolute atomic E-state index is 12.6. The molecule has 3 rings (SSSR count). The molecule has 3 fully saturated rings. The van der Waals surface area contributed by atoms with Crippen LogP contribution in [0.15, 0.2) is 0 Å². The summed E-state index contributed by atoms with van der Waals surface area (Å²) in [5.41, 5.74) is 0.367. The maximum Gasteiger partial charge on any atom is 0.221 e. The third kappa shape index (κ3) is 4.25. The minimum absolute atomic E-state index is 0.100. The van der Waals surface area contributed by atoms with E-state index in [4.69, 9.17) is 4.74 Å². The van der Waals surface area contributed by atoms with Crippen molar-refractivity contribution in [1.82, 2.24) is 15.5 Å². The van der Waals surface area contributed by atoms with Gasteiger partial charge in [-0.1, -0.05) is 19.8 Å². The third-order valence-corrected chi connectivity index (χ3v) is 6.23. The van der Waals surface area contributed by atoms with Crippen LogP contribution in [0.1, 0.15) is 51.9 Å². The van der Waals surface area contributed by atoms with E-state index >= 15 is 0 Å². The van der Waals surface area contributed by atoms with Gasteiger partial charge in [-0.3, -0.25) is 9.69 Å². The van der Waals surface area contributed by atoms with Crippen molar-refractivity contribution in [3.8, 4) is 0 Å². The van der Waals surface area contributed by atoms with Crippen LogP contribution < -0.4 is 10.6 Å². The molecule has 0 unspecified atom stereocenters. The predicted molar refractivity (Wildman–Crippen MR) is 91.4 cm³/mol. The molecule has 0 spiro atoms. The lowest BCUT2D eigenvalue weighted by Crippen LogP contribution is -2.54. The molecule has 2 saturated heterocycles. The SMILES string of the molecule is CC1(CNC(=O)CC2(N3CCOCC3)CCCC2)CCNCC1. The zero-order chi connectivity index (χ0) is 16.2. The van der Waals surface area contributed by atoms with E-state index in [1.807, 2.05) is 0 Å². The molecule has 2 aliphatic heterocycles. The molecular weight excluding hydrogens is 290 g/mol. The maximum atomic E-state index is 12.6. The van der Waals surface area contributed by atoms with E-state index in [1.54, 1.807) is 0 Å². The van der Waals surface area contributed by atoms with Crippen molar-refractivity contribution in [2.24, 2.45) is 5.41 Å². The van der Waals surface area contributed by atoms with E-state index < -0.39 is 0 Å². The Labute approximate surface area is 140 Å². The summed E-state index contributed by atoms with van der Waals surface area (Å²) in [4.78, 5) is 15.2. The van der Waals surface area contributed by atoms with Crippen molar-refractivity contribution < 1.29 is 9.53 Å². The average molecular weight is 323 g/mol. The Bertz CT molecular complexity index is 395. The van der Waals surface area contributed by atoms with Gasteiger partial charge in [0.25, 0.3) is 0 Å². The molecule has 0 aromatic rings. The zero-order valence-corrected chi connectivity index (χ0v) is 14.7. The molecule has 1 amide bonds. The van der Waals surface area contributed by atoms with Gasteiger partial charge in [0.15, 0.2) is 0 Å². The molecule has 0 radical (unpaired) electrons. The van der Waals surface area contributed by atoms with Crippen LogP contribution in [-0.2, 0) is 9.53 Å². The van der Waals surface area contributed by atoms with Crippen LogP contribution in [-0.4, -0.2) is 62.3 Å². The molecule has 0 aromatic carbocycles. The van der Waals surface area contributed by atoms with Crippen molar-refractivity contribution >= 4 is 5.91 Å². The summed E-state index contributed by atoms with van der Waals surface area (Å²) in [6.07, 6.45) is 7.83. The van der Waals surface area contributed by atoms with E-state index in [1.165, 1.54) is 25.7 Å². The Hall–Kier alpha value is -0.650. The minimum Gasteiger partial charge on any atom is -0.379 e. The van der Waals surface area contributed by atoms with Crippen LogP contribution in [0.4, 0.5) is 0 Å². The minimum atomic E-state index is 0.100. The van der Waals surface area contributed by atoms with Gasteiger partial charge in [0.2, 0.25) is 5.91 Å². The number of carbonyl (C=O) groups excluding carboxylic acids is 1. The number of carbonyl (C=O) groups is 1. The molecule has 3 aliphatic rings. The second-order valence-corrected chi connectivity index (χ2v) is 8.05. The topological polar surface area (TPSA) is 53.6 Å². The average Bonchev–Trinajstić information content (AvgIpc) is 3.04. The quantitative estimate of drug-likeness (QED) is 0.806. The van der Waals surface area contributed by atoms with Crippen LogP contribution in [0.2, 0.25) is 0 Å². The molecule has 132 valence electrons. The summed E-state index contributed by atoms with van der Waals surface area (Å²) >= 11 is 0. The first kappa shape index (κ1) is 17.2. The highest BCUT2D eigenvalue weighted by atomic mass is 16.5. The summed E-state index contributed by atoms with van der Waals surface area (Å²) in [7, 11) is 0. The lowest BCUT2D eigenvalue weighted by Gasteiger charge is -2.43. The number of amides is 1. The summed E-state index contributed by atoms with van der Waals surface area (Å²) in [5.74, 6) is 0.248. The molecule has 5 heteroatoms.